The highest BCUT2D eigenvalue weighted by molar-refractivity contribution is 5.87. The molecule has 0 saturated carbocycles. The van der Waals surface area contributed by atoms with Gasteiger partial charge in [0, 0.05) is 6.54 Å². The molecule has 1 aromatic carbocycles. The summed E-state index contributed by atoms with van der Waals surface area (Å²) in [4.78, 5) is 23.7. The van der Waals surface area contributed by atoms with Gasteiger partial charge < -0.3 is 30.6 Å². The SMILES string of the molecule is CCOc1c(OC)cc(CNC(=O)CNC(=O)[C@@H](N)C(C)C)cc1OC.Cl. The van der Waals surface area contributed by atoms with Crippen LogP contribution < -0.4 is 30.6 Å². The molecule has 0 saturated heterocycles. The van der Waals surface area contributed by atoms with Gasteiger partial charge in [-0.25, -0.2) is 0 Å². The minimum atomic E-state index is -0.637. The fourth-order valence-electron chi connectivity index (χ4n) is 2.17. The highest BCUT2D eigenvalue weighted by Crippen LogP contribution is 2.38. The van der Waals surface area contributed by atoms with Crippen molar-refractivity contribution in [2.24, 2.45) is 11.7 Å². The second-order valence-corrected chi connectivity index (χ2v) is 6.03. The molecule has 1 rings (SSSR count). The first-order valence-electron chi connectivity index (χ1n) is 8.51. The van der Waals surface area contributed by atoms with Crippen molar-refractivity contribution in [2.45, 2.75) is 33.4 Å². The summed E-state index contributed by atoms with van der Waals surface area (Å²) in [5, 5.41) is 5.26. The fourth-order valence-corrected chi connectivity index (χ4v) is 2.17. The van der Waals surface area contributed by atoms with E-state index in [-0.39, 0.29) is 43.2 Å². The molecular formula is C18H30ClN3O5. The Hall–Kier alpha value is -2.19. The van der Waals surface area contributed by atoms with Gasteiger partial charge >= 0.3 is 0 Å². The third-order valence-electron chi connectivity index (χ3n) is 3.74. The van der Waals surface area contributed by atoms with Crippen LogP contribution in [0.25, 0.3) is 0 Å². The molecule has 1 aromatic rings. The van der Waals surface area contributed by atoms with Crippen molar-refractivity contribution < 1.29 is 23.8 Å². The van der Waals surface area contributed by atoms with Crippen molar-refractivity contribution in [1.82, 2.24) is 10.6 Å². The van der Waals surface area contributed by atoms with Gasteiger partial charge in [0.15, 0.2) is 11.5 Å². The van der Waals surface area contributed by atoms with E-state index in [9.17, 15) is 9.59 Å². The first-order valence-corrected chi connectivity index (χ1v) is 8.51. The number of amides is 2. The summed E-state index contributed by atoms with van der Waals surface area (Å²) < 4.78 is 16.2. The molecule has 0 aliphatic carbocycles. The van der Waals surface area contributed by atoms with Gasteiger partial charge in [0.05, 0.1) is 33.4 Å². The Morgan fingerprint density at radius 3 is 2.11 bits per heavy atom. The summed E-state index contributed by atoms with van der Waals surface area (Å²) in [7, 11) is 3.07. The van der Waals surface area contributed by atoms with Crippen molar-refractivity contribution in [3.05, 3.63) is 17.7 Å². The molecule has 4 N–H and O–H groups in total. The van der Waals surface area contributed by atoms with Crippen molar-refractivity contribution >= 4 is 24.2 Å². The molecule has 0 radical (unpaired) electrons. The van der Waals surface area contributed by atoms with E-state index in [1.807, 2.05) is 20.8 Å². The van der Waals surface area contributed by atoms with Crippen molar-refractivity contribution in [3.8, 4) is 17.2 Å². The second-order valence-electron chi connectivity index (χ2n) is 6.03. The maximum absolute atomic E-state index is 11.9. The van der Waals surface area contributed by atoms with Gasteiger partial charge in [-0.2, -0.15) is 0 Å². The third-order valence-corrected chi connectivity index (χ3v) is 3.74. The van der Waals surface area contributed by atoms with Gasteiger partial charge in [-0.1, -0.05) is 13.8 Å². The van der Waals surface area contributed by atoms with Crippen LogP contribution in [0.4, 0.5) is 0 Å². The van der Waals surface area contributed by atoms with Crippen LogP contribution in [0.5, 0.6) is 17.2 Å². The number of hydrogen-bond donors (Lipinski definition) is 3. The number of hydrogen-bond acceptors (Lipinski definition) is 6. The molecule has 27 heavy (non-hydrogen) atoms. The second kappa shape index (κ2) is 12.2. The van der Waals surface area contributed by atoms with E-state index in [1.54, 1.807) is 12.1 Å². The first-order chi connectivity index (χ1) is 12.3. The van der Waals surface area contributed by atoms with Gasteiger partial charge in [-0.15, -0.1) is 12.4 Å². The standard InChI is InChI=1S/C18H29N3O5.ClH/c1-6-26-17-13(24-4)7-12(8-14(17)25-5)9-20-15(22)10-21-18(23)16(19)11(2)3;/h7-8,11,16H,6,9-10,19H2,1-5H3,(H,20,22)(H,21,23);1H/t16-;/m0./s1. The molecule has 0 fully saturated rings. The molecule has 0 spiro atoms. The molecule has 154 valence electrons. The number of nitrogens with one attached hydrogen (secondary N) is 2. The van der Waals surface area contributed by atoms with Crippen LogP contribution in [0.15, 0.2) is 12.1 Å². The average molecular weight is 404 g/mol. The zero-order valence-electron chi connectivity index (χ0n) is 16.5. The van der Waals surface area contributed by atoms with E-state index < -0.39 is 6.04 Å². The molecule has 0 unspecified atom stereocenters. The molecule has 0 bridgehead atoms. The molecule has 0 aliphatic heterocycles. The lowest BCUT2D eigenvalue weighted by molar-refractivity contribution is -0.127. The van der Waals surface area contributed by atoms with Crippen LogP contribution in [-0.2, 0) is 16.1 Å². The van der Waals surface area contributed by atoms with Gasteiger partial charge in [-0.3, -0.25) is 9.59 Å². The molecule has 1 atom stereocenters. The molecule has 0 aromatic heterocycles. The fraction of sp³-hybridized carbons (Fsp3) is 0.556. The summed E-state index contributed by atoms with van der Waals surface area (Å²) >= 11 is 0. The topological polar surface area (TPSA) is 112 Å². The maximum Gasteiger partial charge on any atom is 0.239 e. The zero-order valence-corrected chi connectivity index (χ0v) is 17.3. The summed E-state index contributed by atoms with van der Waals surface area (Å²) in [6, 6.07) is 2.89. The Labute approximate surface area is 166 Å². The summed E-state index contributed by atoms with van der Waals surface area (Å²) in [6.45, 7) is 6.15. The molecule has 8 nitrogen and oxygen atoms in total. The van der Waals surface area contributed by atoms with E-state index in [1.165, 1.54) is 14.2 Å². The highest BCUT2D eigenvalue weighted by atomic mass is 35.5. The van der Waals surface area contributed by atoms with Gasteiger partial charge in [-0.05, 0) is 30.5 Å². The van der Waals surface area contributed by atoms with Gasteiger partial charge in [0.1, 0.15) is 0 Å². The first kappa shape index (κ1) is 24.8. The van der Waals surface area contributed by atoms with E-state index in [2.05, 4.69) is 10.6 Å². The number of carbonyl (C=O) groups is 2. The Balaban J connectivity index is 0.00000676. The van der Waals surface area contributed by atoms with Crippen LogP contribution >= 0.6 is 12.4 Å². The quantitative estimate of drug-likeness (QED) is 0.542. The number of ether oxygens (including phenoxy) is 3. The highest BCUT2D eigenvalue weighted by Gasteiger charge is 2.18. The van der Waals surface area contributed by atoms with Crippen LogP contribution in [0.3, 0.4) is 0 Å². The van der Waals surface area contributed by atoms with E-state index in [4.69, 9.17) is 19.9 Å². The number of nitrogens with two attached hydrogens (primary N) is 1. The Bertz CT molecular complexity index is 600. The number of halogens is 1. The number of rotatable bonds is 10. The summed E-state index contributed by atoms with van der Waals surface area (Å²) in [5.41, 5.74) is 6.51. The largest absolute Gasteiger partial charge is 0.493 e. The molecular weight excluding hydrogens is 374 g/mol. The number of methoxy groups -OCH3 is 2. The van der Waals surface area contributed by atoms with Crippen molar-refractivity contribution in [2.75, 3.05) is 27.4 Å². The Kier molecular flexibility index (Phi) is 11.2. The lowest BCUT2D eigenvalue weighted by Crippen LogP contribution is -2.47. The van der Waals surface area contributed by atoms with E-state index in [0.717, 1.165) is 5.56 Å². The van der Waals surface area contributed by atoms with Gasteiger partial charge in [0.25, 0.3) is 0 Å². The van der Waals surface area contributed by atoms with E-state index >= 15 is 0 Å². The summed E-state index contributed by atoms with van der Waals surface area (Å²) in [5.74, 6) is 0.892. The van der Waals surface area contributed by atoms with Crippen LogP contribution in [0.1, 0.15) is 26.3 Å². The van der Waals surface area contributed by atoms with Crippen LogP contribution in [0.2, 0.25) is 0 Å². The average Bonchev–Trinajstić information content (AvgIpc) is 2.64. The molecule has 0 aliphatic rings. The third kappa shape index (κ3) is 7.52. The lowest BCUT2D eigenvalue weighted by Gasteiger charge is -2.16. The maximum atomic E-state index is 11.9. The minimum Gasteiger partial charge on any atom is -0.493 e. The van der Waals surface area contributed by atoms with Crippen molar-refractivity contribution in [3.63, 3.8) is 0 Å². The minimum absolute atomic E-state index is 0. The number of carbonyl (C=O) groups excluding carboxylic acids is 2. The Morgan fingerprint density at radius 2 is 1.67 bits per heavy atom. The predicted octanol–water partition coefficient (Wildman–Crippen LogP) is 1.24. The summed E-state index contributed by atoms with van der Waals surface area (Å²) in [6.07, 6.45) is 0. The normalized spacial score (nSPS) is 11.2. The molecule has 2 amide bonds. The monoisotopic (exact) mass is 403 g/mol. The molecule has 9 heteroatoms. The van der Waals surface area contributed by atoms with Crippen LogP contribution in [0, 0.1) is 5.92 Å². The Morgan fingerprint density at radius 1 is 1.11 bits per heavy atom. The lowest BCUT2D eigenvalue weighted by atomic mass is 10.1. The van der Waals surface area contributed by atoms with Crippen molar-refractivity contribution in [1.29, 1.82) is 0 Å². The van der Waals surface area contributed by atoms with Crippen LogP contribution in [-0.4, -0.2) is 45.2 Å². The van der Waals surface area contributed by atoms with E-state index in [0.29, 0.717) is 23.9 Å². The zero-order chi connectivity index (χ0) is 19.7. The van der Waals surface area contributed by atoms with Gasteiger partial charge in [0.2, 0.25) is 17.6 Å². The predicted molar refractivity (Wildman–Crippen MR) is 106 cm³/mol. The smallest absolute Gasteiger partial charge is 0.239 e. The molecule has 0 heterocycles. The number of benzene rings is 1.